The summed E-state index contributed by atoms with van der Waals surface area (Å²) in [6, 6.07) is 7.31. The standard InChI is InChI=1S/C16H18FN3O2/c1-11(2)14-7-16(22)20(10-19-14)9-15(21)18-8-12-3-5-13(17)6-4-12/h3-7,10-11H,8-9H2,1-2H3,(H,18,21). The maximum Gasteiger partial charge on any atom is 0.254 e. The smallest absolute Gasteiger partial charge is 0.254 e. The van der Waals surface area contributed by atoms with Gasteiger partial charge in [-0.05, 0) is 23.6 Å². The van der Waals surface area contributed by atoms with Crippen LogP contribution in [0.25, 0.3) is 0 Å². The number of benzene rings is 1. The Balaban J connectivity index is 1.94. The number of halogens is 1. The number of aromatic nitrogens is 2. The molecule has 0 unspecified atom stereocenters. The van der Waals surface area contributed by atoms with Gasteiger partial charge in [0, 0.05) is 12.6 Å². The fourth-order valence-electron chi connectivity index (χ4n) is 1.89. The van der Waals surface area contributed by atoms with E-state index >= 15 is 0 Å². The van der Waals surface area contributed by atoms with Crippen LogP contribution in [0.2, 0.25) is 0 Å². The largest absolute Gasteiger partial charge is 0.350 e. The fraction of sp³-hybridized carbons (Fsp3) is 0.312. The Morgan fingerprint density at radius 2 is 2.00 bits per heavy atom. The average molecular weight is 303 g/mol. The van der Waals surface area contributed by atoms with E-state index in [1.54, 1.807) is 12.1 Å². The second kappa shape index (κ2) is 6.98. The Morgan fingerprint density at radius 1 is 1.32 bits per heavy atom. The van der Waals surface area contributed by atoms with Gasteiger partial charge in [0.2, 0.25) is 5.91 Å². The van der Waals surface area contributed by atoms with E-state index in [-0.39, 0.29) is 36.3 Å². The normalized spacial score (nSPS) is 10.7. The number of carbonyl (C=O) groups excluding carboxylic acids is 1. The molecule has 0 saturated heterocycles. The molecule has 1 aromatic heterocycles. The molecule has 5 nitrogen and oxygen atoms in total. The topological polar surface area (TPSA) is 64.0 Å². The Kier molecular flexibility index (Phi) is 5.04. The predicted molar refractivity (Wildman–Crippen MR) is 80.8 cm³/mol. The third-order valence-electron chi connectivity index (χ3n) is 3.21. The van der Waals surface area contributed by atoms with Gasteiger partial charge in [-0.25, -0.2) is 9.37 Å². The number of hydrogen-bond donors (Lipinski definition) is 1. The summed E-state index contributed by atoms with van der Waals surface area (Å²) in [5.41, 5.74) is 1.24. The predicted octanol–water partition coefficient (Wildman–Crippen LogP) is 1.82. The first kappa shape index (κ1) is 15.9. The summed E-state index contributed by atoms with van der Waals surface area (Å²) >= 11 is 0. The van der Waals surface area contributed by atoms with Gasteiger partial charge in [-0.1, -0.05) is 26.0 Å². The summed E-state index contributed by atoms with van der Waals surface area (Å²) < 4.78 is 14.0. The van der Waals surface area contributed by atoms with Crippen molar-refractivity contribution in [1.82, 2.24) is 14.9 Å². The van der Waals surface area contributed by atoms with Crippen LogP contribution in [-0.4, -0.2) is 15.5 Å². The van der Waals surface area contributed by atoms with Gasteiger partial charge in [-0.2, -0.15) is 0 Å². The molecule has 0 fully saturated rings. The van der Waals surface area contributed by atoms with Gasteiger partial charge in [-0.15, -0.1) is 0 Å². The molecule has 0 bridgehead atoms. The lowest BCUT2D eigenvalue weighted by Gasteiger charge is -2.09. The summed E-state index contributed by atoms with van der Waals surface area (Å²) in [5, 5.41) is 2.68. The molecule has 0 saturated carbocycles. The molecule has 1 aromatic carbocycles. The molecule has 0 aliphatic carbocycles. The van der Waals surface area contributed by atoms with Gasteiger partial charge in [-0.3, -0.25) is 14.2 Å². The van der Waals surface area contributed by atoms with Crippen molar-refractivity contribution in [3.63, 3.8) is 0 Å². The van der Waals surface area contributed by atoms with Crippen molar-refractivity contribution in [2.24, 2.45) is 0 Å². The van der Waals surface area contributed by atoms with E-state index in [1.807, 2.05) is 13.8 Å². The Bertz CT molecular complexity index is 708. The highest BCUT2D eigenvalue weighted by molar-refractivity contribution is 5.75. The Morgan fingerprint density at radius 3 is 2.59 bits per heavy atom. The van der Waals surface area contributed by atoms with Crippen molar-refractivity contribution >= 4 is 5.91 Å². The lowest BCUT2D eigenvalue weighted by Crippen LogP contribution is -2.32. The maximum atomic E-state index is 12.8. The van der Waals surface area contributed by atoms with Crippen molar-refractivity contribution in [2.75, 3.05) is 0 Å². The van der Waals surface area contributed by atoms with E-state index in [4.69, 9.17) is 0 Å². The van der Waals surface area contributed by atoms with Crippen LogP contribution < -0.4 is 10.9 Å². The van der Waals surface area contributed by atoms with E-state index in [2.05, 4.69) is 10.3 Å². The lowest BCUT2D eigenvalue weighted by molar-refractivity contribution is -0.121. The maximum absolute atomic E-state index is 12.8. The minimum atomic E-state index is -0.321. The van der Waals surface area contributed by atoms with Crippen LogP contribution in [-0.2, 0) is 17.9 Å². The number of nitrogens with zero attached hydrogens (tertiary/aromatic N) is 2. The SMILES string of the molecule is CC(C)c1cc(=O)n(CC(=O)NCc2ccc(F)cc2)cn1. The molecule has 2 rings (SSSR count). The van der Waals surface area contributed by atoms with E-state index in [1.165, 1.54) is 29.1 Å². The first-order valence-electron chi connectivity index (χ1n) is 7.03. The van der Waals surface area contributed by atoms with Crippen molar-refractivity contribution in [3.8, 4) is 0 Å². The molecule has 116 valence electrons. The van der Waals surface area contributed by atoms with Crippen molar-refractivity contribution < 1.29 is 9.18 Å². The van der Waals surface area contributed by atoms with Crippen LogP contribution in [0.15, 0.2) is 41.5 Å². The molecule has 0 radical (unpaired) electrons. The second-order valence-corrected chi connectivity index (χ2v) is 5.34. The number of nitrogens with one attached hydrogen (secondary N) is 1. The van der Waals surface area contributed by atoms with E-state index in [0.29, 0.717) is 5.69 Å². The van der Waals surface area contributed by atoms with Gasteiger partial charge >= 0.3 is 0 Å². The summed E-state index contributed by atoms with van der Waals surface area (Å²) in [6.45, 7) is 4.08. The Labute approximate surface area is 127 Å². The van der Waals surface area contributed by atoms with Crippen LogP contribution in [0, 0.1) is 5.82 Å². The van der Waals surface area contributed by atoms with Crippen molar-refractivity contribution in [2.45, 2.75) is 32.9 Å². The third-order valence-corrected chi connectivity index (χ3v) is 3.21. The van der Waals surface area contributed by atoms with E-state index in [0.717, 1.165) is 5.56 Å². The number of carbonyl (C=O) groups is 1. The summed E-state index contributed by atoms with van der Waals surface area (Å²) in [4.78, 5) is 27.9. The lowest BCUT2D eigenvalue weighted by atomic mass is 10.1. The molecule has 1 N–H and O–H groups in total. The minimum absolute atomic E-state index is 0.0919. The highest BCUT2D eigenvalue weighted by Crippen LogP contribution is 2.07. The zero-order valence-electron chi connectivity index (χ0n) is 12.5. The monoisotopic (exact) mass is 303 g/mol. The molecule has 0 atom stereocenters. The molecule has 22 heavy (non-hydrogen) atoms. The Hall–Kier alpha value is -2.50. The first-order chi connectivity index (χ1) is 10.5. The fourth-order valence-corrected chi connectivity index (χ4v) is 1.89. The zero-order valence-corrected chi connectivity index (χ0v) is 12.5. The number of amides is 1. The van der Waals surface area contributed by atoms with Crippen LogP contribution >= 0.6 is 0 Å². The molecular formula is C16H18FN3O2. The molecule has 1 heterocycles. The number of rotatable bonds is 5. The highest BCUT2D eigenvalue weighted by Gasteiger charge is 2.07. The minimum Gasteiger partial charge on any atom is -0.350 e. The first-order valence-corrected chi connectivity index (χ1v) is 7.03. The van der Waals surface area contributed by atoms with Crippen molar-refractivity contribution in [1.29, 1.82) is 0 Å². The quantitative estimate of drug-likeness (QED) is 0.916. The van der Waals surface area contributed by atoms with Crippen molar-refractivity contribution in [3.05, 3.63) is 64.1 Å². The zero-order chi connectivity index (χ0) is 16.1. The highest BCUT2D eigenvalue weighted by atomic mass is 19.1. The molecule has 0 aliphatic heterocycles. The summed E-state index contributed by atoms with van der Waals surface area (Å²) in [6.07, 6.45) is 1.38. The second-order valence-electron chi connectivity index (χ2n) is 5.34. The molecule has 0 spiro atoms. The van der Waals surface area contributed by atoms with Gasteiger partial charge in [0.15, 0.2) is 0 Å². The molecule has 0 aliphatic rings. The van der Waals surface area contributed by atoms with Gasteiger partial charge < -0.3 is 5.32 Å². The van der Waals surface area contributed by atoms with Gasteiger partial charge in [0.05, 0.1) is 12.0 Å². The third kappa shape index (κ3) is 4.25. The van der Waals surface area contributed by atoms with E-state index < -0.39 is 0 Å². The van der Waals surface area contributed by atoms with Gasteiger partial charge in [0.1, 0.15) is 12.4 Å². The molecule has 2 aromatic rings. The van der Waals surface area contributed by atoms with E-state index in [9.17, 15) is 14.0 Å². The molecule has 1 amide bonds. The van der Waals surface area contributed by atoms with Crippen LogP contribution in [0.3, 0.4) is 0 Å². The summed E-state index contributed by atoms with van der Waals surface area (Å²) in [7, 11) is 0. The average Bonchev–Trinajstić information content (AvgIpc) is 2.48. The molecule has 6 heteroatoms. The van der Waals surface area contributed by atoms with Crippen LogP contribution in [0.4, 0.5) is 4.39 Å². The van der Waals surface area contributed by atoms with Crippen LogP contribution in [0.1, 0.15) is 31.0 Å². The summed E-state index contributed by atoms with van der Waals surface area (Å²) in [5.74, 6) is -0.460. The van der Waals surface area contributed by atoms with Gasteiger partial charge in [0.25, 0.3) is 5.56 Å². The number of hydrogen-bond acceptors (Lipinski definition) is 3. The molecular weight excluding hydrogens is 285 g/mol. The van der Waals surface area contributed by atoms with Crippen LogP contribution in [0.5, 0.6) is 0 Å².